The number of furan rings is 1. The maximum atomic E-state index is 14.3. The molecule has 8 heteroatoms. The summed E-state index contributed by atoms with van der Waals surface area (Å²) in [6.45, 7) is 6.88. The van der Waals surface area contributed by atoms with Crippen LogP contribution in [-0.4, -0.2) is 63.3 Å². The molecule has 2 fully saturated rings. The third-order valence-corrected chi connectivity index (χ3v) is 6.13. The second-order valence-electron chi connectivity index (χ2n) is 8.42. The van der Waals surface area contributed by atoms with E-state index in [9.17, 15) is 4.39 Å². The fraction of sp³-hybridized carbons (Fsp3) is 0.542. The average Bonchev–Trinajstić information content (AvgIpc) is 3.40. The molecular weight excluding hydrogens is 522 g/mol. The van der Waals surface area contributed by atoms with E-state index < -0.39 is 0 Å². The first kappa shape index (κ1) is 25.0. The minimum absolute atomic E-state index is 0. The molecule has 0 bridgehead atoms. The number of hydrogen-bond donors (Lipinski definition) is 2. The summed E-state index contributed by atoms with van der Waals surface area (Å²) < 4.78 is 25.2. The van der Waals surface area contributed by atoms with Crippen LogP contribution in [0.2, 0.25) is 0 Å². The molecule has 0 atom stereocenters. The highest BCUT2D eigenvalue weighted by molar-refractivity contribution is 14.0. The Labute approximate surface area is 207 Å². The highest BCUT2D eigenvalue weighted by atomic mass is 127. The number of hydrogen-bond acceptors (Lipinski definition) is 4. The van der Waals surface area contributed by atoms with E-state index in [1.165, 1.54) is 0 Å². The maximum absolute atomic E-state index is 14.3. The van der Waals surface area contributed by atoms with Crippen LogP contribution in [0.1, 0.15) is 30.6 Å². The zero-order chi connectivity index (χ0) is 21.4. The van der Waals surface area contributed by atoms with E-state index in [1.54, 1.807) is 18.4 Å². The van der Waals surface area contributed by atoms with Crippen LogP contribution >= 0.6 is 24.0 Å². The van der Waals surface area contributed by atoms with E-state index in [0.717, 1.165) is 88.9 Å². The molecule has 2 N–H and O–H groups in total. The maximum Gasteiger partial charge on any atom is 0.191 e. The number of benzene rings is 1. The molecule has 2 aliphatic rings. The van der Waals surface area contributed by atoms with Gasteiger partial charge in [0.2, 0.25) is 0 Å². The van der Waals surface area contributed by atoms with E-state index in [4.69, 9.17) is 14.1 Å². The van der Waals surface area contributed by atoms with Gasteiger partial charge in [-0.05, 0) is 49.6 Å². The van der Waals surface area contributed by atoms with Gasteiger partial charge in [0.1, 0.15) is 11.6 Å². The van der Waals surface area contributed by atoms with Crippen LogP contribution in [0.15, 0.2) is 52.1 Å². The Hall–Kier alpha value is -1.65. The van der Waals surface area contributed by atoms with Crippen LogP contribution in [0, 0.1) is 5.82 Å². The first-order chi connectivity index (χ1) is 15.3. The van der Waals surface area contributed by atoms with E-state index in [1.807, 2.05) is 24.3 Å². The van der Waals surface area contributed by atoms with Crippen LogP contribution in [-0.2, 0) is 16.6 Å². The van der Waals surface area contributed by atoms with E-state index in [2.05, 4.69) is 15.5 Å². The summed E-state index contributed by atoms with van der Waals surface area (Å²) in [4.78, 5) is 7.28. The van der Waals surface area contributed by atoms with Crippen molar-refractivity contribution in [2.75, 3.05) is 52.5 Å². The molecular formula is C24H34FIN4O2. The summed E-state index contributed by atoms with van der Waals surface area (Å²) in [5.41, 5.74) is 0.635. The van der Waals surface area contributed by atoms with Crippen molar-refractivity contribution in [1.82, 2.24) is 15.5 Å². The summed E-state index contributed by atoms with van der Waals surface area (Å²) in [6, 6.07) is 11.0. The largest absolute Gasteiger partial charge is 0.469 e. The summed E-state index contributed by atoms with van der Waals surface area (Å²) in [6.07, 6.45) is 5.49. The molecule has 176 valence electrons. The molecule has 32 heavy (non-hydrogen) atoms. The summed E-state index contributed by atoms with van der Waals surface area (Å²) >= 11 is 0. The zero-order valence-corrected chi connectivity index (χ0v) is 20.9. The molecule has 0 unspecified atom stereocenters. The van der Waals surface area contributed by atoms with Gasteiger partial charge in [-0.1, -0.05) is 18.2 Å². The number of rotatable bonds is 10. The highest BCUT2D eigenvalue weighted by Gasteiger charge is 2.45. The normalized spacial score (nSPS) is 18.1. The van der Waals surface area contributed by atoms with Gasteiger partial charge >= 0.3 is 0 Å². The van der Waals surface area contributed by atoms with E-state index in [0.29, 0.717) is 6.54 Å². The highest BCUT2D eigenvalue weighted by Crippen LogP contribution is 2.49. The molecule has 1 aromatic heterocycles. The second-order valence-corrected chi connectivity index (χ2v) is 8.42. The molecule has 1 aliphatic carbocycles. The fourth-order valence-electron chi connectivity index (χ4n) is 4.05. The fourth-order valence-corrected chi connectivity index (χ4v) is 4.05. The number of guanidine groups is 1. The molecule has 6 nitrogen and oxygen atoms in total. The number of nitrogens with one attached hydrogen (secondary N) is 2. The minimum atomic E-state index is -0.158. The molecule has 1 saturated heterocycles. The lowest BCUT2D eigenvalue weighted by Crippen LogP contribution is -2.41. The standard InChI is InChI=1S/C24H33FN4O2.HI/c25-22-7-2-1-6-21(22)24(9-10-24)19-28-23(27-12-8-20-5-3-16-31-20)26-11-4-13-29-14-17-30-18-15-29;/h1-3,5-7,16H,4,8-15,17-19H2,(H2,26,27,28);1H. The Morgan fingerprint density at radius 1 is 1.06 bits per heavy atom. The van der Waals surface area contributed by atoms with Gasteiger partial charge in [0.15, 0.2) is 5.96 Å². The first-order valence-electron chi connectivity index (χ1n) is 11.3. The number of nitrogens with zero attached hydrogens (tertiary/aromatic N) is 2. The van der Waals surface area contributed by atoms with Crippen LogP contribution in [0.3, 0.4) is 0 Å². The van der Waals surface area contributed by atoms with Crippen LogP contribution in [0.4, 0.5) is 4.39 Å². The Bertz CT molecular complexity index is 836. The van der Waals surface area contributed by atoms with Gasteiger partial charge < -0.3 is 19.8 Å². The smallest absolute Gasteiger partial charge is 0.191 e. The van der Waals surface area contributed by atoms with Crippen molar-refractivity contribution in [2.24, 2.45) is 4.99 Å². The van der Waals surface area contributed by atoms with Gasteiger partial charge in [0, 0.05) is 38.0 Å². The lowest BCUT2D eigenvalue weighted by Gasteiger charge is -2.26. The van der Waals surface area contributed by atoms with Crippen LogP contribution in [0.25, 0.3) is 0 Å². The van der Waals surface area contributed by atoms with E-state index >= 15 is 0 Å². The SMILES string of the molecule is Fc1ccccc1C1(CN=C(NCCCN2CCOCC2)NCCc2ccco2)CC1.I. The molecule has 0 spiro atoms. The van der Waals surface area contributed by atoms with Gasteiger partial charge in [-0.15, -0.1) is 24.0 Å². The molecule has 2 aromatic rings. The number of aliphatic imine (C=N–C) groups is 1. The van der Waals surface area contributed by atoms with Crippen molar-refractivity contribution in [3.05, 3.63) is 59.8 Å². The predicted molar refractivity (Wildman–Crippen MR) is 135 cm³/mol. The zero-order valence-electron chi connectivity index (χ0n) is 18.5. The van der Waals surface area contributed by atoms with Gasteiger partial charge in [-0.25, -0.2) is 4.39 Å². The summed E-state index contributed by atoms with van der Waals surface area (Å²) in [5.74, 6) is 1.61. The molecule has 1 aliphatic heterocycles. The molecule has 0 amide bonds. The van der Waals surface area contributed by atoms with Crippen molar-refractivity contribution in [1.29, 1.82) is 0 Å². The molecule has 0 radical (unpaired) electrons. The van der Waals surface area contributed by atoms with Crippen molar-refractivity contribution < 1.29 is 13.5 Å². The Morgan fingerprint density at radius 3 is 2.56 bits per heavy atom. The Balaban J connectivity index is 0.00000289. The van der Waals surface area contributed by atoms with Crippen molar-refractivity contribution in [3.63, 3.8) is 0 Å². The van der Waals surface area contributed by atoms with Crippen molar-refractivity contribution >= 4 is 29.9 Å². The second kappa shape index (κ2) is 12.6. The monoisotopic (exact) mass is 556 g/mol. The van der Waals surface area contributed by atoms with Crippen molar-refractivity contribution in [3.8, 4) is 0 Å². The predicted octanol–water partition coefficient (Wildman–Crippen LogP) is 3.57. The van der Waals surface area contributed by atoms with E-state index in [-0.39, 0.29) is 35.2 Å². The van der Waals surface area contributed by atoms with Gasteiger partial charge in [-0.3, -0.25) is 9.89 Å². The van der Waals surface area contributed by atoms with Gasteiger partial charge in [0.05, 0.1) is 26.0 Å². The molecule has 1 saturated carbocycles. The summed E-state index contributed by atoms with van der Waals surface area (Å²) in [7, 11) is 0. The third-order valence-electron chi connectivity index (χ3n) is 6.13. The molecule has 2 heterocycles. The number of ether oxygens (including phenoxy) is 1. The Kier molecular flexibility index (Phi) is 9.80. The quantitative estimate of drug-likeness (QED) is 0.203. The minimum Gasteiger partial charge on any atom is -0.469 e. The first-order valence-corrected chi connectivity index (χ1v) is 11.3. The van der Waals surface area contributed by atoms with Gasteiger partial charge in [-0.2, -0.15) is 0 Å². The van der Waals surface area contributed by atoms with Gasteiger partial charge in [0.25, 0.3) is 0 Å². The number of morpholine rings is 1. The summed E-state index contributed by atoms with van der Waals surface area (Å²) in [5, 5.41) is 6.88. The average molecular weight is 556 g/mol. The lowest BCUT2D eigenvalue weighted by atomic mass is 9.95. The topological polar surface area (TPSA) is 62.0 Å². The Morgan fingerprint density at radius 2 is 1.84 bits per heavy atom. The number of halogens is 2. The molecule has 4 rings (SSSR count). The van der Waals surface area contributed by atoms with Crippen LogP contribution in [0.5, 0.6) is 0 Å². The molecule has 1 aromatic carbocycles. The van der Waals surface area contributed by atoms with Crippen LogP contribution < -0.4 is 10.6 Å². The lowest BCUT2D eigenvalue weighted by molar-refractivity contribution is 0.0376. The third kappa shape index (κ3) is 7.18. The van der Waals surface area contributed by atoms with Crippen molar-refractivity contribution in [2.45, 2.75) is 31.1 Å².